The van der Waals surface area contributed by atoms with Gasteiger partial charge in [0.2, 0.25) is 0 Å². The molecule has 0 saturated heterocycles. The van der Waals surface area contributed by atoms with Gasteiger partial charge < -0.3 is 0 Å². The second-order valence-corrected chi connectivity index (χ2v) is 8.50. The third-order valence-electron chi connectivity index (χ3n) is 6.99. The molecule has 0 spiro atoms. The maximum Gasteiger partial charge on any atom is 0.148 e. The molecule has 0 fully saturated rings. The molecule has 4 heterocycles. The number of nitrogens with zero attached hydrogens (tertiary/aromatic N) is 4. The average Bonchev–Trinajstić information content (AvgIpc) is 3.48. The van der Waals surface area contributed by atoms with Gasteiger partial charge in [0.25, 0.3) is 0 Å². The lowest BCUT2D eigenvalue weighted by atomic mass is 9.96. The van der Waals surface area contributed by atoms with E-state index in [1.807, 2.05) is 24.7 Å². The van der Waals surface area contributed by atoms with Gasteiger partial charge in [-0.2, -0.15) is 0 Å². The zero-order chi connectivity index (χ0) is 20.1. The number of benzene rings is 2. The number of fused-ring (bicyclic) bond motifs is 14. The van der Waals surface area contributed by atoms with Crippen molar-refractivity contribution in [2.75, 3.05) is 0 Å². The smallest absolute Gasteiger partial charge is 0.148 e. The van der Waals surface area contributed by atoms with E-state index in [1.54, 1.807) is 0 Å². The fraction of sp³-hybridized carbons (Fsp3) is 0.0741. The Labute approximate surface area is 177 Å². The highest BCUT2D eigenvalue weighted by molar-refractivity contribution is 6.11. The lowest BCUT2D eigenvalue weighted by Crippen LogP contribution is -1.99. The van der Waals surface area contributed by atoms with E-state index in [0.29, 0.717) is 0 Å². The van der Waals surface area contributed by atoms with E-state index in [-0.39, 0.29) is 0 Å². The number of hydrogen-bond donors (Lipinski definition) is 0. The van der Waals surface area contributed by atoms with Crippen molar-refractivity contribution in [2.24, 2.45) is 0 Å². The maximum absolute atomic E-state index is 5.18. The first kappa shape index (κ1) is 15.7. The molecule has 0 aliphatic heterocycles. The normalized spacial score (nSPS) is 13.5. The topological polar surface area (TPSA) is 43.1 Å². The Morgan fingerprint density at radius 3 is 2.68 bits per heavy atom. The van der Waals surface area contributed by atoms with Crippen LogP contribution in [0, 0.1) is 0 Å². The van der Waals surface area contributed by atoms with Gasteiger partial charge in [0.05, 0.1) is 11.4 Å². The number of hydrogen-bond acceptors (Lipinski definition) is 3. The quantitative estimate of drug-likeness (QED) is 0.315. The second kappa shape index (κ2) is 5.35. The summed E-state index contributed by atoms with van der Waals surface area (Å²) >= 11 is 0. The first-order chi connectivity index (χ1) is 15.4. The fourth-order valence-corrected chi connectivity index (χ4v) is 5.71. The van der Waals surface area contributed by atoms with E-state index < -0.39 is 0 Å². The summed E-state index contributed by atoms with van der Waals surface area (Å²) in [5, 5.41) is 3.36. The Morgan fingerprint density at radius 2 is 1.68 bits per heavy atom. The van der Waals surface area contributed by atoms with Crippen molar-refractivity contribution in [3.8, 4) is 22.4 Å². The molecule has 2 aliphatic carbocycles. The van der Waals surface area contributed by atoms with Gasteiger partial charge in [-0.1, -0.05) is 36.4 Å². The molecule has 0 unspecified atom stereocenters. The minimum Gasteiger partial charge on any atom is -0.279 e. The van der Waals surface area contributed by atoms with Gasteiger partial charge in [-0.15, -0.1) is 0 Å². The van der Waals surface area contributed by atoms with E-state index in [0.717, 1.165) is 46.0 Å². The Balaban J connectivity index is 1.50. The highest BCUT2D eigenvalue weighted by atomic mass is 15.1. The minimum atomic E-state index is 0.876. The van der Waals surface area contributed by atoms with Gasteiger partial charge in [0.15, 0.2) is 0 Å². The van der Waals surface area contributed by atoms with Crippen LogP contribution in [0.1, 0.15) is 22.4 Å². The molecule has 0 amide bonds. The van der Waals surface area contributed by atoms with Crippen LogP contribution in [0.15, 0.2) is 73.2 Å². The number of rotatable bonds is 0. The van der Waals surface area contributed by atoms with Gasteiger partial charge in [-0.25, -0.2) is 9.97 Å². The lowest BCUT2D eigenvalue weighted by Gasteiger charge is -2.11. The molecule has 0 saturated carbocycles. The SMILES string of the molecule is c1ccc2c(c1)Cc1ccc3c(c1-2)Cc1c-3nc2c3cnccc3c3cccnc3n12. The van der Waals surface area contributed by atoms with Crippen LogP contribution >= 0.6 is 0 Å². The molecule has 0 N–H and O–H groups in total. The van der Waals surface area contributed by atoms with Crippen LogP contribution in [-0.4, -0.2) is 19.4 Å². The monoisotopic (exact) mass is 396 g/mol. The highest BCUT2D eigenvalue weighted by Crippen LogP contribution is 2.48. The molecule has 4 heteroatoms. The third kappa shape index (κ3) is 1.84. The van der Waals surface area contributed by atoms with Crippen molar-refractivity contribution in [3.05, 3.63) is 95.6 Å². The summed E-state index contributed by atoms with van der Waals surface area (Å²) in [4.78, 5) is 14.4. The predicted molar refractivity (Wildman–Crippen MR) is 122 cm³/mol. The molecule has 2 aromatic carbocycles. The summed E-state index contributed by atoms with van der Waals surface area (Å²) in [7, 11) is 0. The molecule has 0 bridgehead atoms. The molecule has 0 radical (unpaired) electrons. The van der Waals surface area contributed by atoms with Crippen molar-refractivity contribution < 1.29 is 0 Å². The largest absolute Gasteiger partial charge is 0.279 e. The Hall–Kier alpha value is -4.05. The lowest BCUT2D eigenvalue weighted by molar-refractivity contribution is 1.07. The summed E-state index contributed by atoms with van der Waals surface area (Å²) in [5.74, 6) is 0. The summed E-state index contributed by atoms with van der Waals surface area (Å²) < 4.78 is 2.27. The first-order valence-corrected chi connectivity index (χ1v) is 10.6. The molecular formula is C27H16N4. The van der Waals surface area contributed by atoms with Crippen LogP contribution in [0.2, 0.25) is 0 Å². The summed E-state index contributed by atoms with van der Waals surface area (Å²) in [6, 6.07) is 19.6. The van der Waals surface area contributed by atoms with Gasteiger partial charge >= 0.3 is 0 Å². The fourth-order valence-electron chi connectivity index (χ4n) is 5.71. The minimum absolute atomic E-state index is 0.876. The maximum atomic E-state index is 5.18. The van der Waals surface area contributed by atoms with E-state index >= 15 is 0 Å². The van der Waals surface area contributed by atoms with Crippen molar-refractivity contribution in [3.63, 3.8) is 0 Å². The molecule has 4 aromatic heterocycles. The average molecular weight is 396 g/mol. The van der Waals surface area contributed by atoms with E-state index in [4.69, 9.17) is 9.97 Å². The second-order valence-electron chi connectivity index (χ2n) is 8.50. The molecule has 4 nitrogen and oxygen atoms in total. The summed E-state index contributed by atoms with van der Waals surface area (Å²) in [6.07, 6.45) is 7.54. The standard InChI is InChI=1S/C27H16N4/c1-2-5-17-15(4-1)12-16-7-8-19-21(24(16)17)13-23-25(19)30-27-22-14-28-11-9-18(22)20-6-3-10-29-26(20)31(23)27/h1-11,14H,12-13H2. The van der Waals surface area contributed by atoms with Crippen LogP contribution in [0.4, 0.5) is 0 Å². The van der Waals surface area contributed by atoms with Crippen molar-refractivity contribution >= 4 is 27.5 Å². The molecule has 144 valence electrons. The predicted octanol–water partition coefficient (Wildman–Crippen LogP) is 5.57. The molecule has 31 heavy (non-hydrogen) atoms. The molecule has 6 aromatic rings. The number of pyridine rings is 3. The van der Waals surface area contributed by atoms with Gasteiger partial charge in [0, 0.05) is 41.3 Å². The van der Waals surface area contributed by atoms with E-state index in [1.165, 1.54) is 39.1 Å². The van der Waals surface area contributed by atoms with Crippen LogP contribution < -0.4 is 0 Å². The summed E-state index contributed by atoms with van der Waals surface area (Å²) in [5.41, 5.74) is 12.6. The van der Waals surface area contributed by atoms with Gasteiger partial charge in [0.1, 0.15) is 11.3 Å². The van der Waals surface area contributed by atoms with Crippen LogP contribution in [0.5, 0.6) is 0 Å². The number of imidazole rings is 1. The number of aromatic nitrogens is 4. The van der Waals surface area contributed by atoms with Crippen molar-refractivity contribution in [1.82, 2.24) is 19.4 Å². The first-order valence-electron chi connectivity index (χ1n) is 10.6. The zero-order valence-corrected chi connectivity index (χ0v) is 16.6. The Bertz CT molecular complexity index is 1740. The highest BCUT2D eigenvalue weighted by Gasteiger charge is 2.32. The molecule has 0 atom stereocenters. The Kier molecular flexibility index (Phi) is 2.72. The van der Waals surface area contributed by atoms with E-state index in [9.17, 15) is 0 Å². The Morgan fingerprint density at radius 1 is 0.710 bits per heavy atom. The van der Waals surface area contributed by atoms with Crippen LogP contribution in [0.3, 0.4) is 0 Å². The molecule has 2 aliphatic rings. The van der Waals surface area contributed by atoms with Crippen LogP contribution in [-0.2, 0) is 12.8 Å². The van der Waals surface area contributed by atoms with Gasteiger partial charge in [-0.3, -0.25) is 9.38 Å². The van der Waals surface area contributed by atoms with Crippen molar-refractivity contribution in [2.45, 2.75) is 12.8 Å². The van der Waals surface area contributed by atoms with E-state index in [2.05, 4.69) is 57.9 Å². The third-order valence-corrected chi connectivity index (χ3v) is 6.99. The van der Waals surface area contributed by atoms with Crippen LogP contribution in [0.25, 0.3) is 49.8 Å². The summed E-state index contributed by atoms with van der Waals surface area (Å²) in [6.45, 7) is 0. The zero-order valence-electron chi connectivity index (χ0n) is 16.6. The molecular weight excluding hydrogens is 380 g/mol. The molecule has 8 rings (SSSR count). The van der Waals surface area contributed by atoms with Gasteiger partial charge in [-0.05, 0) is 57.8 Å². The van der Waals surface area contributed by atoms with Crippen molar-refractivity contribution in [1.29, 1.82) is 0 Å².